The Labute approximate surface area is 93.8 Å². The van der Waals surface area contributed by atoms with Gasteiger partial charge in [0.2, 0.25) is 0 Å². The van der Waals surface area contributed by atoms with Crippen molar-refractivity contribution in [2.45, 2.75) is 6.18 Å². The lowest BCUT2D eigenvalue weighted by molar-refractivity contribution is -0.137. The van der Waals surface area contributed by atoms with Gasteiger partial charge in [-0.3, -0.25) is 5.32 Å². The molecular formula is C9H8F3N3O2. The summed E-state index contributed by atoms with van der Waals surface area (Å²) in [5, 5.41) is 3.69. The average molecular weight is 247 g/mol. The van der Waals surface area contributed by atoms with Gasteiger partial charge in [0, 0.05) is 5.69 Å². The van der Waals surface area contributed by atoms with Gasteiger partial charge < -0.3 is 11.1 Å². The van der Waals surface area contributed by atoms with Gasteiger partial charge in [0.1, 0.15) is 0 Å². The molecule has 1 aromatic carbocycles. The molecule has 0 aromatic heterocycles. The molecule has 0 atom stereocenters. The number of hydrogen-bond donors (Lipinski definition) is 3. The number of halogens is 3. The van der Waals surface area contributed by atoms with Crippen LogP contribution < -0.4 is 16.4 Å². The summed E-state index contributed by atoms with van der Waals surface area (Å²) < 4.78 is 36.9. The summed E-state index contributed by atoms with van der Waals surface area (Å²) in [6.45, 7) is 0. The number of alkyl halides is 3. The predicted octanol–water partition coefficient (Wildman–Crippen LogP) is 1.91. The fraction of sp³-hybridized carbons (Fsp3) is 0.111. The molecule has 0 aliphatic carbocycles. The molecule has 4 amide bonds. The number of nitrogens with one attached hydrogen (secondary N) is 2. The zero-order valence-corrected chi connectivity index (χ0v) is 8.34. The molecule has 92 valence electrons. The number of primary amides is 1. The number of carbonyl (C=O) groups is 2. The first-order valence-corrected chi connectivity index (χ1v) is 4.34. The summed E-state index contributed by atoms with van der Waals surface area (Å²) in [7, 11) is 0. The molecule has 0 radical (unpaired) electrons. The second-order valence-electron chi connectivity index (χ2n) is 3.02. The van der Waals surface area contributed by atoms with Crippen molar-refractivity contribution in [1.29, 1.82) is 0 Å². The van der Waals surface area contributed by atoms with E-state index in [4.69, 9.17) is 0 Å². The minimum atomic E-state index is -4.50. The Morgan fingerprint density at radius 3 is 2.41 bits per heavy atom. The van der Waals surface area contributed by atoms with Crippen LogP contribution in [0.5, 0.6) is 0 Å². The van der Waals surface area contributed by atoms with E-state index in [9.17, 15) is 22.8 Å². The van der Waals surface area contributed by atoms with Crippen molar-refractivity contribution >= 4 is 17.7 Å². The van der Waals surface area contributed by atoms with E-state index in [0.717, 1.165) is 18.2 Å². The number of benzene rings is 1. The third-order valence-electron chi connectivity index (χ3n) is 1.68. The summed E-state index contributed by atoms with van der Waals surface area (Å²) in [5.41, 5.74) is 3.65. The average Bonchev–Trinajstić information content (AvgIpc) is 2.15. The topological polar surface area (TPSA) is 84.2 Å². The highest BCUT2D eigenvalue weighted by molar-refractivity contribution is 6.00. The van der Waals surface area contributed by atoms with Gasteiger partial charge in [-0.2, -0.15) is 13.2 Å². The molecule has 0 fully saturated rings. The molecule has 0 unspecified atom stereocenters. The molecule has 0 saturated carbocycles. The maximum atomic E-state index is 12.3. The van der Waals surface area contributed by atoms with Gasteiger partial charge in [-0.05, 0) is 18.2 Å². The summed E-state index contributed by atoms with van der Waals surface area (Å²) in [6, 6.07) is 1.86. The maximum absolute atomic E-state index is 12.3. The Hall–Kier alpha value is -2.25. The second-order valence-corrected chi connectivity index (χ2v) is 3.02. The highest BCUT2D eigenvalue weighted by Crippen LogP contribution is 2.30. The number of anilines is 1. The number of hydrogen-bond acceptors (Lipinski definition) is 2. The van der Waals surface area contributed by atoms with Crippen LogP contribution in [0.15, 0.2) is 24.3 Å². The Morgan fingerprint density at radius 2 is 1.88 bits per heavy atom. The van der Waals surface area contributed by atoms with E-state index >= 15 is 0 Å². The van der Waals surface area contributed by atoms with Gasteiger partial charge in [0.25, 0.3) is 0 Å². The molecule has 4 N–H and O–H groups in total. The molecule has 0 heterocycles. The van der Waals surface area contributed by atoms with E-state index in [-0.39, 0.29) is 5.69 Å². The lowest BCUT2D eigenvalue weighted by Gasteiger charge is -2.09. The summed E-state index contributed by atoms with van der Waals surface area (Å²) >= 11 is 0. The standard InChI is InChI=1S/C9H8F3N3O2/c10-9(11,12)5-2-1-3-6(4-5)14-8(17)15-7(13)16/h1-4H,(H4,13,14,15,16,17). The molecular weight excluding hydrogens is 239 g/mol. The normalized spacial score (nSPS) is 10.8. The Bertz CT molecular complexity index is 445. The Morgan fingerprint density at radius 1 is 1.24 bits per heavy atom. The number of imide groups is 1. The lowest BCUT2D eigenvalue weighted by atomic mass is 10.2. The lowest BCUT2D eigenvalue weighted by Crippen LogP contribution is -2.38. The van der Waals surface area contributed by atoms with Crippen molar-refractivity contribution < 1.29 is 22.8 Å². The zero-order chi connectivity index (χ0) is 13.1. The molecule has 0 bridgehead atoms. The van der Waals surface area contributed by atoms with E-state index in [1.54, 1.807) is 5.32 Å². The molecule has 5 nitrogen and oxygen atoms in total. The fourth-order valence-electron chi connectivity index (χ4n) is 1.05. The third kappa shape index (κ3) is 4.01. The van der Waals surface area contributed by atoms with Gasteiger partial charge in [-0.1, -0.05) is 6.07 Å². The zero-order valence-electron chi connectivity index (χ0n) is 8.34. The second kappa shape index (κ2) is 4.73. The van der Waals surface area contributed by atoms with E-state index in [2.05, 4.69) is 5.73 Å². The minimum Gasteiger partial charge on any atom is -0.351 e. The third-order valence-corrected chi connectivity index (χ3v) is 1.68. The SMILES string of the molecule is NC(=O)NC(=O)Nc1cccc(C(F)(F)F)c1. The monoisotopic (exact) mass is 247 g/mol. The van der Waals surface area contributed by atoms with Crippen LogP contribution in [0.1, 0.15) is 5.56 Å². The minimum absolute atomic E-state index is 0.0985. The molecule has 0 saturated heterocycles. The first-order chi connectivity index (χ1) is 7.79. The van der Waals surface area contributed by atoms with E-state index in [1.165, 1.54) is 6.07 Å². The van der Waals surface area contributed by atoms with Gasteiger partial charge in [0.15, 0.2) is 0 Å². The van der Waals surface area contributed by atoms with Crippen molar-refractivity contribution in [3.05, 3.63) is 29.8 Å². The van der Waals surface area contributed by atoms with E-state index in [1.807, 2.05) is 5.32 Å². The number of nitrogens with two attached hydrogens (primary N) is 1. The van der Waals surface area contributed by atoms with Gasteiger partial charge >= 0.3 is 18.2 Å². The van der Waals surface area contributed by atoms with Crippen LogP contribution in [-0.2, 0) is 6.18 Å². The Kier molecular flexibility index (Phi) is 3.56. The number of urea groups is 2. The van der Waals surface area contributed by atoms with Crippen LogP contribution in [0.25, 0.3) is 0 Å². The maximum Gasteiger partial charge on any atom is 0.416 e. The molecule has 8 heteroatoms. The first-order valence-electron chi connectivity index (χ1n) is 4.34. The van der Waals surface area contributed by atoms with Crippen LogP contribution >= 0.6 is 0 Å². The highest BCUT2D eigenvalue weighted by atomic mass is 19.4. The molecule has 1 aromatic rings. The molecule has 1 rings (SSSR count). The molecule has 0 aliphatic heterocycles. The van der Waals surface area contributed by atoms with Crippen molar-refractivity contribution in [3.63, 3.8) is 0 Å². The summed E-state index contributed by atoms with van der Waals surface area (Å²) in [6.07, 6.45) is -4.50. The van der Waals surface area contributed by atoms with Crippen molar-refractivity contribution in [3.8, 4) is 0 Å². The largest absolute Gasteiger partial charge is 0.416 e. The smallest absolute Gasteiger partial charge is 0.351 e. The molecule has 0 aliphatic rings. The van der Waals surface area contributed by atoms with Gasteiger partial charge in [0.05, 0.1) is 5.56 Å². The molecule has 0 spiro atoms. The van der Waals surface area contributed by atoms with Crippen molar-refractivity contribution in [2.75, 3.05) is 5.32 Å². The van der Waals surface area contributed by atoms with Crippen LogP contribution in [0, 0.1) is 0 Å². The van der Waals surface area contributed by atoms with Crippen LogP contribution in [-0.4, -0.2) is 12.1 Å². The first kappa shape index (κ1) is 12.8. The Balaban J connectivity index is 2.79. The molecule has 17 heavy (non-hydrogen) atoms. The van der Waals surface area contributed by atoms with Crippen molar-refractivity contribution in [1.82, 2.24) is 5.32 Å². The van der Waals surface area contributed by atoms with E-state index < -0.39 is 23.8 Å². The van der Waals surface area contributed by atoms with E-state index in [0.29, 0.717) is 0 Å². The predicted molar refractivity (Wildman–Crippen MR) is 53.2 cm³/mol. The van der Waals surface area contributed by atoms with Crippen molar-refractivity contribution in [2.24, 2.45) is 5.73 Å². The highest BCUT2D eigenvalue weighted by Gasteiger charge is 2.30. The van der Waals surface area contributed by atoms with Crippen LogP contribution in [0.3, 0.4) is 0 Å². The van der Waals surface area contributed by atoms with Gasteiger partial charge in [-0.25, -0.2) is 9.59 Å². The van der Waals surface area contributed by atoms with Gasteiger partial charge in [-0.15, -0.1) is 0 Å². The number of amides is 4. The summed E-state index contributed by atoms with van der Waals surface area (Å²) in [5.74, 6) is 0. The summed E-state index contributed by atoms with van der Waals surface area (Å²) in [4.78, 5) is 21.3. The number of rotatable bonds is 1. The fourth-order valence-corrected chi connectivity index (χ4v) is 1.05. The van der Waals surface area contributed by atoms with Crippen LogP contribution in [0.2, 0.25) is 0 Å². The number of carbonyl (C=O) groups excluding carboxylic acids is 2. The quantitative estimate of drug-likeness (QED) is 0.708. The van der Waals surface area contributed by atoms with Crippen LogP contribution in [0.4, 0.5) is 28.4 Å².